The van der Waals surface area contributed by atoms with Crippen molar-refractivity contribution in [3.8, 4) is 0 Å². The second-order valence-corrected chi connectivity index (χ2v) is 9.04. The number of sulfonamides is 1. The Hall–Kier alpha value is -2.04. The van der Waals surface area contributed by atoms with Crippen molar-refractivity contribution in [3.63, 3.8) is 0 Å². The topological polar surface area (TPSA) is 102 Å². The molecule has 0 radical (unpaired) electrons. The Morgan fingerprint density at radius 1 is 1.15 bits per heavy atom. The fraction of sp³-hybridized carbons (Fsp3) is 0.353. The molecule has 144 valence electrons. The van der Waals surface area contributed by atoms with Crippen LogP contribution in [-0.4, -0.2) is 34.2 Å². The predicted molar refractivity (Wildman–Crippen MR) is 109 cm³/mol. The molecule has 0 unspecified atom stereocenters. The van der Waals surface area contributed by atoms with E-state index in [9.17, 15) is 8.42 Å². The highest BCUT2D eigenvalue weighted by atomic mass is 79.9. The van der Waals surface area contributed by atoms with E-state index in [0.717, 1.165) is 22.2 Å². The number of aromatic nitrogens is 4. The van der Waals surface area contributed by atoms with Crippen LogP contribution in [0.15, 0.2) is 35.2 Å². The standard InChI is InChI=1S/C17H21BrN6O2S/c1-11(2)23-27(25,26)9-13-6-4-12(5-7-13)8-19-16-14-15(18)22-24(3)17(14)21-10-20-16/h4-7,10-11,23H,8-9H2,1-3H3,(H,19,20,21). The fourth-order valence-electron chi connectivity index (χ4n) is 2.73. The molecule has 0 fully saturated rings. The quantitative estimate of drug-likeness (QED) is 0.570. The highest BCUT2D eigenvalue weighted by Gasteiger charge is 2.14. The zero-order chi connectivity index (χ0) is 19.6. The van der Waals surface area contributed by atoms with E-state index in [1.165, 1.54) is 6.33 Å². The molecule has 0 amide bonds. The Morgan fingerprint density at radius 3 is 2.48 bits per heavy atom. The molecule has 0 aliphatic heterocycles. The minimum Gasteiger partial charge on any atom is -0.365 e. The highest BCUT2D eigenvalue weighted by Crippen LogP contribution is 2.27. The molecule has 2 heterocycles. The normalized spacial score (nSPS) is 12.0. The monoisotopic (exact) mass is 452 g/mol. The fourth-order valence-corrected chi connectivity index (χ4v) is 4.77. The lowest BCUT2D eigenvalue weighted by Crippen LogP contribution is -2.31. The molecule has 0 atom stereocenters. The first-order valence-corrected chi connectivity index (χ1v) is 10.8. The highest BCUT2D eigenvalue weighted by molar-refractivity contribution is 9.10. The van der Waals surface area contributed by atoms with Gasteiger partial charge in [-0.15, -0.1) is 0 Å². The number of nitrogens with zero attached hydrogens (tertiary/aromatic N) is 4. The van der Waals surface area contributed by atoms with Crippen molar-refractivity contribution < 1.29 is 8.42 Å². The van der Waals surface area contributed by atoms with E-state index in [0.29, 0.717) is 17.0 Å². The van der Waals surface area contributed by atoms with Crippen LogP contribution in [0.4, 0.5) is 5.82 Å². The summed E-state index contributed by atoms with van der Waals surface area (Å²) in [6.07, 6.45) is 1.49. The minimum absolute atomic E-state index is 0.0337. The van der Waals surface area contributed by atoms with Crippen molar-refractivity contribution in [1.82, 2.24) is 24.5 Å². The van der Waals surface area contributed by atoms with Gasteiger partial charge >= 0.3 is 0 Å². The molecule has 2 aromatic heterocycles. The minimum atomic E-state index is -3.33. The van der Waals surface area contributed by atoms with Crippen LogP contribution >= 0.6 is 15.9 Å². The molecule has 0 bridgehead atoms. The molecule has 0 spiro atoms. The summed E-state index contributed by atoms with van der Waals surface area (Å²) in [6.45, 7) is 4.15. The van der Waals surface area contributed by atoms with Crippen molar-refractivity contribution in [2.75, 3.05) is 5.32 Å². The van der Waals surface area contributed by atoms with Gasteiger partial charge in [-0.05, 0) is 40.9 Å². The summed E-state index contributed by atoms with van der Waals surface area (Å²) >= 11 is 3.43. The van der Waals surface area contributed by atoms with Gasteiger partial charge in [-0.3, -0.25) is 0 Å². The molecule has 27 heavy (non-hydrogen) atoms. The number of fused-ring (bicyclic) bond motifs is 1. The van der Waals surface area contributed by atoms with Crippen LogP contribution in [0.2, 0.25) is 0 Å². The van der Waals surface area contributed by atoms with Gasteiger partial charge in [0.2, 0.25) is 10.0 Å². The van der Waals surface area contributed by atoms with Gasteiger partial charge in [0.15, 0.2) is 5.65 Å². The van der Waals surface area contributed by atoms with Gasteiger partial charge in [0.05, 0.1) is 11.1 Å². The van der Waals surface area contributed by atoms with Crippen molar-refractivity contribution in [2.45, 2.75) is 32.2 Å². The first-order chi connectivity index (χ1) is 12.7. The zero-order valence-electron chi connectivity index (χ0n) is 15.3. The van der Waals surface area contributed by atoms with Gasteiger partial charge in [-0.1, -0.05) is 24.3 Å². The lowest BCUT2D eigenvalue weighted by molar-refractivity contribution is 0.569. The van der Waals surface area contributed by atoms with Gasteiger partial charge in [0, 0.05) is 19.6 Å². The number of benzene rings is 1. The summed E-state index contributed by atoms with van der Waals surface area (Å²) in [5, 5.41) is 8.41. The third-order valence-electron chi connectivity index (χ3n) is 3.83. The molecule has 1 aromatic carbocycles. The van der Waals surface area contributed by atoms with Crippen molar-refractivity contribution in [2.24, 2.45) is 7.05 Å². The number of rotatable bonds is 7. The largest absolute Gasteiger partial charge is 0.365 e. The lowest BCUT2D eigenvalue weighted by atomic mass is 10.1. The number of nitrogens with one attached hydrogen (secondary N) is 2. The summed E-state index contributed by atoms with van der Waals surface area (Å²) in [5.74, 6) is 0.654. The van der Waals surface area contributed by atoms with Gasteiger partial charge in [-0.2, -0.15) is 5.10 Å². The van der Waals surface area contributed by atoms with Gasteiger partial charge in [0.25, 0.3) is 0 Å². The number of anilines is 1. The summed E-state index contributed by atoms with van der Waals surface area (Å²) in [7, 11) is -1.50. The predicted octanol–water partition coefficient (Wildman–Crippen LogP) is 2.57. The van der Waals surface area contributed by atoms with Crippen LogP contribution in [0.5, 0.6) is 0 Å². The zero-order valence-corrected chi connectivity index (χ0v) is 17.7. The molecule has 8 nitrogen and oxygen atoms in total. The molecule has 0 aliphatic rings. The van der Waals surface area contributed by atoms with E-state index in [1.54, 1.807) is 18.5 Å². The average Bonchev–Trinajstić information content (AvgIpc) is 2.88. The van der Waals surface area contributed by atoms with Crippen molar-refractivity contribution in [1.29, 1.82) is 0 Å². The number of aryl methyl sites for hydroxylation is 1. The van der Waals surface area contributed by atoms with Gasteiger partial charge in [0.1, 0.15) is 16.7 Å². The van der Waals surface area contributed by atoms with Gasteiger partial charge in [-0.25, -0.2) is 27.8 Å². The molecule has 3 aromatic rings. The molecular weight excluding hydrogens is 432 g/mol. The summed E-state index contributed by atoms with van der Waals surface area (Å²) in [5.41, 5.74) is 2.49. The van der Waals surface area contributed by atoms with Crippen LogP contribution in [0.1, 0.15) is 25.0 Å². The summed E-state index contributed by atoms with van der Waals surface area (Å²) < 4.78 is 29.0. The summed E-state index contributed by atoms with van der Waals surface area (Å²) in [4.78, 5) is 8.54. The Labute approximate surface area is 166 Å². The van der Waals surface area contributed by atoms with Crippen LogP contribution in [0.25, 0.3) is 11.0 Å². The molecular formula is C17H21BrN6O2S. The van der Waals surface area contributed by atoms with E-state index >= 15 is 0 Å². The van der Waals surface area contributed by atoms with Crippen LogP contribution in [-0.2, 0) is 29.4 Å². The van der Waals surface area contributed by atoms with Crippen LogP contribution in [0.3, 0.4) is 0 Å². The Morgan fingerprint density at radius 2 is 1.81 bits per heavy atom. The SMILES string of the molecule is CC(C)NS(=O)(=O)Cc1ccc(CNc2ncnc3c2c(Br)nn3C)cc1. The molecule has 0 saturated carbocycles. The average molecular weight is 453 g/mol. The second-order valence-electron chi connectivity index (χ2n) is 6.54. The Kier molecular flexibility index (Phi) is 5.78. The van der Waals surface area contributed by atoms with E-state index in [2.05, 4.69) is 41.0 Å². The van der Waals surface area contributed by atoms with Crippen LogP contribution < -0.4 is 10.0 Å². The molecule has 0 aliphatic carbocycles. The van der Waals surface area contributed by atoms with E-state index in [-0.39, 0.29) is 11.8 Å². The Balaban J connectivity index is 1.69. The van der Waals surface area contributed by atoms with E-state index in [1.807, 2.05) is 31.3 Å². The van der Waals surface area contributed by atoms with E-state index < -0.39 is 10.0 Å². The number of hydrogen-bond donors (Lipinski definition) is 2. The second kappa shape index (κ2) is 7.91. The first kappa shape index (κ1) is 19.7. The molecule has 0 saturated heterocycles. The molecule has 2 N–H and O–H groups in total. The smallest absolute Gasteiger partial charge is 0.216 e. The third-order valence-corrected chi connectivity index (χ3v) is 5.93. The third kappa shape index (κ3) is 4.82. The maximum absolute atomic E-state index is 12.0. The van der Waals surface area contributed by atoms with Gasteiger partial charge < -0.3 is 5.32 Å². The maximum atomic E-state index is 12.0. The Bertz CT molecular complexity index is 1050. The first-order valence-electron chi connectivity index (χ1n) is 8.40. The number of halogens is 1. The van der Waals surface area contributed by atoms with Crippen LogP contribution in [0, 0.1) is 0 Å². The number of hydrogen-bond acceptors (Lipinski definition) is 6. The van der Waals surface area contributed by atoms with Crippen molar-refractivity contribution in [3.05, 3.63) is 46.3 Å². The maximum Gasteiger partial charge on any atom is 0.216 e. The lowest BCUT2D eigenvalue weighted by Gasteiger charge is -2.10. The molecule has 3 rings (SSSR count). The molecule has 10 heteroatoms. The van der Waals surface area contributed by atoms with E-state index in [4.69, 9.17) is 0 Å². The summed E-state index contributed by atoms with van der Waals surface area (Å²) in [6, 6.07) is 7.35. The van der Waals surface area contributed by atoms with Crippen molar-refractivity contribution >= 4 is 42.8 Å².